The first-order chi connectivity index (χ1) is 9.98. The fourth-order valence-electron chi connectivity index (χ4n) is 2.59. The molecular weight excluding hydrogens is 314 g/mol. The number of amides is 1. The Bertz CT molecular complexity index is 558. The van der Waals surface area contributed by atoms with Crippen molar-refractivity contribution in [1.29, 1.82) is 0 Å². The second kappa shape index (κ2) is 6.38. The van der Waals surface area contributed by atoms with Gasteiger partial charge in [0.15, 0.2) is 11.6 Å². The van der Waals surface area contributed by atoms with Crippen molar-refractivity contribution >= 4 is 18.3 Å². The summed E-state index contributed by atoms with van der Waals surface area (Å²) in [5.41, 5.74) is 5.26. The minimum atomic E-state index is -0.701. The van der Waals surface area contributed by atoms with E-state index in [-0.39, 0.29) is 30.2 Å². The van der Waals surface area contributed by atoms with Crippen LogP contribution in [0.5, 0.6) is 5.75 Å². The van der Waals surface area contributed by atoms with Crippen LogP contribution in [0.25, 0.3) is 0 Å². The van der Waals surface area contributed by atoms with Crippen molar-refractivity contribution in [3.05, 3.63) is 29.8 Å². The Morgan fingerprint density at radius 3 is 2.45 bits per heavy atom. The lowest BCUT2D eigenvalue weighted by Gasteiger charge is -2.33. The monoisotopic (exact) mass is 332 g/mol. The van der Waals surface area contributed by atoms with Crippen LogP contribution in [0.2, 0.25) is 0 Å². The highest BCUT2D eigenvalue weighted by Crippen LogP contribution is 2.35. The molecule has 3 rings (SSSR count). The van der Waals surface area contributed by atoms with Crippen LogP contribution >= 0.6 is 12.4 Å². The first kappa shape index (κ1) is 17.0. The highest BCUT2D eigenvalue weighted by molar-refractivity contribution is 5.89. The minimum absolute atomic E-state index is 0. The summed E-state index contributed by atoms with van der Waals surface area (Å²) >= 11 is 0. The number of rotatable bonds is 3. The Morgan fingerprint density at radius 1 is 1.27 bits per heavy atom. The van der Waals surface area contributed by atoms with E-state index in [0.29, 0.717) is 25.9 Å². The van der Waals surface area contributed by atoms with E-state index in [2.05, 4.69) is 0 Å². The lowest BCUT2D eigenvalue weighted by Crippen LogP contribution is -2.50. The summed E-state index contributed by atoms with van der Waals surface area (Å²) in [7, 11) is 0. The highest BCUT2D eigenvalue weighted by Gasteiger charge is 2.48. The van der Waals surface area contributed by atoms with Gasteiger partial charge in [-0.2, -0.15) is 0 Å². The molecule has 22 heavy (non-hydrogen) atoms. The molecule has 0 spiro atoms. The predicted octanol–water partition coefficient (Wildman–Crippen LogP) is 2.25. The topological polar surface area (TPSA) is 55.6 Å². The normalized spacial score (nSPS) is 20.2. The van der Waals surface area contributed by atoms with Gasteiger partial charge in [0, 0.05) is 32.0 Å². The molecule has 1 amide bonds. The lowest BCUT2D eigenvalue weighted by molar-refractivity contribution is -0.135. The maximum atomic E-state index is 13.5. The fraction of sp³-hybridized carbons (Fsp3) is 0.533. The van der Waals surface area contributed by atoms with Crippen LogP contribution in [0.3, 0.4) is 0 Å². The molecule has 1 aliphatic carbocycles. The Labute approximate surface area is 134 Å². The van der Waals surface area contributed by atoms with Crippen LogP contribution < -0.4 is 10.5 Å². The summed E-state index contributed by atoms with van der Waals surface area (Å²) in [5.74, 6) is -1.27. The number of nitrogens with two attached hydrogens (primary N) is 1. The van der Waals surface area contributed by atoms with Crippen molar-refractivity contribution < 1.29 is 18.3 Å². The fourth-order valence-corrected chi connectivity index (χ4v) is 2.59. The third-order valence-corrected chi connectivity index (χ3v) is 4.13. The molecule has 4 nitrogen and oxygen atoms in total. The van der Waals surface area contributed by atoms with E-state index in [0.717, 1.165) is 18.9 Å². The Morgan fingerprint density at radius 2 is 1.91 bits per heavy atom. The number of carbonyl (C=O) groups is 1. The zero-order valence-electron chi connectivity index (χ0n) is 12.1. The van der Waals surface area contributed by atoms with Gasteiger partial charge in [0.2, 0.25) is 5.91 Å². The molecule has 1 heterocycles. The van der Waals surface area contributed by atoms with Gasteiger partial charge in [0.05, 0.1) is 5.54 Å². The summed E-state index contributed by atoms with van der Waals surface area (Å²) in [5, 5.41) is 0. The van der Waals surface area contributed by atoms with Crippen LogP contribution in [0.1, 0.15) is 25.7 Å². The SMILES string of the molecule is Cl.NC1(C(=O)N2CCC(Oc3ccc(F)cc3F)CC2)CC1. The van der Waals surface area contributed by atoms with Crippen LogP contribution in [0, 0.1) is 11.6 Å². The van der Waals surface area contributed by atoms with E-state index < -0.39 is 17.2 Å². The third-order valence-electron chi connectivity index (χ3n) is 4.13. The standard InChI is InChI=1S/C15H18F2N2O2.ClH/c16-10-1-2-13(12(17)9-10)21-11-3-7-19(8-4-11)14(20)15(18)5-6-15;/h1-2,9,11H,3-8,18H2;1H. The number of hydrogen-bond acceptors (Lipinski definition) is 3. The number of piperidine rings is 1. The molecule has 1 aliphatic heterocycles. The van der Waals surface area contributed by atoms with E-state index in [1.54, 1.807) is 4.90 Å². The molecule has 122 valence electrons. The van der Waals surface area contributed by atoms with Gasteiger partial charge in [0.25, 0.3) is 0 Å². The summed E-state index contributed by atoms with van der Waals surface area (Å²) in [6, 6.07) is 3.27. The summed E-state index contributed by atoms with van der Waals surface area (Å²) in [6.07, 6.45) is 2.59. The molecule has 0 atom stereocenters. The number of carbonyl (C=O) groups excluding carboxylic acids is 1. The maximum Gasteiger partial charge on any atom is 0.242 e. The first-order valence-corrected chi connectivity index (χ1v) is 7.18. The summed E-state index contributed by atoms with van der Waals surface area (Å²) in [4.78, 5) is 13.9. The van der Waals surface area contributed by atoms with Gasteiger partial charge in [-0.1, -0.05) is 0 Å². The maximum absolute atomic E-state index is 13.5. The number of likely N-dealkylation sites (tertiary alicyclic amines) is 1. The van der Waals surface area contributed by atoms with Crippen LogP contribution in [-0.4, -0.2) is 35.5 Å². The van der Waals surface area contributed by atoms with Crippen LogP contribution in [-0.2, 0) is 4.79 Å². The van der Waals surface area contributed by atoms with Crippen molar-refractivity contribution in [3.8, 4) is 5.75 Å². The molecule has 0 aromatic heterocycles. The van der Waals surface area contributed by atoms with Gasteiger partial charge in [-0.3, -0.25) is 4.79 Å². The number of ether oxygens (including phenoxy) is 1. The van der Waals surface area contributed by atoms with E-state index >= 15 is 0 Å². The molecule has 0 bridgehead atoms. The first-order valence-electron chi connectivity index (χ1n) is 7.18. The molecule has 1 aromatic rings. The molecule has 0 unspecified atom stereocenters. The predicted molar refractivity (Wildman–Crippen MR) is 80.0 cm³/mol. The van der Waals surface area contributed by atoms with Gasteiger partial charge in [-0.15, -0.1) is 12.4 Å². The van der Waals surface area contributed by atoms with Crippen molar-refractivity contribution in [2.45, 2.75) is 37.3 Å². The molecule has 7 heteroatoms. The zero-order chi connectivity index (χ0) is 15.0. The molecule has 1 saturated carbocycles. The molecule has 2 N–H and O–H groups in total. The molecule has 2 fully saturated rings. The van der Waals surface area contributed by atoms with Gasteiger partial charge in [-0.05, 0) is 25.0 Å². The minimum Gasteiger partial charge on any atom is -0.487 e. The second-order valence-electron chi connectivity index (χ2n) is 5.84. The number of nitrogens with zero attached hydrogens (tertiary/aromatic N) is 1. The van der Waals surface area contributed by atoms with Crippen LogP contribution in [0.4, 0.5) is 8.78 Å². The van der Waals surface area contributed by atoms with Crippen molar-refractivity contribution in [1.82, 2.24) is 4.90 Å². The summed E-state index contributed by atoms with van der Waals surface area (Å²) in [6.45, 7) is 1.12. The Kier molecular flexibility index (Phi) is 4.92. The molecule has 1 aromatic carbocycles. The largest absolute Gasteiger partial charge is 0.487 e. The van der Waals surface area contributed by atoms with Gasteiger partial charge in [0.1, 0.15) is 11.9 Å². The van der Waals surface area contributed by atoms with Crippen molar-refractivity contribution in [2.75, 3.05) is 13.1 Å². The second-order valence-corrected chi connectivity index (χ2v) is 5.84. The molecular formula is C15H19ClF2N2O2. The third kappa shape index (κ3) is 3.50. The average Bonchev–Trinajstić information content (AvgIpc) is 3.21. The number of hydrogen-bond donors (Lipinski definition) is 1. The molecule has 0 radical (unpaired) electrons. The van der Waals surface area contributed by atoms with E-state index in [1.807, 2.05) is 0 Å². The van der Waals surface area contributed by atoms with E-state index in [1.165, 1.54) is 12.1 Å². The average molecular weight is 333 g/mol. The van der Waals surface area contributed by atoms with Gasteiger partial charge in [-0.25, -0.2) is 8.78 Å². The Balaban J connectivity index is 0.00000176. The lowest BCUT2D eigenvalue weighted by atomic mass is 10.1. The van der Waals surface area contributed by atoms with Crippen LogP contribution in [0.15, 0.2) is 18.2 Å². The zero-order valence-corrected chi connectivity index (χ0v) is 12.9. The highest BCUT2D eigenvalue weighted by atomic mass is 35.5. The van der Waals surface area contributed by atoms with Gasteiger partial charge >= 0.3 is 0 Å². The van der Waals surface area contributed by atoms with Crippen molar-refractivity contribution in [3.63, 3.8) is 0 Å². The molecule has 1 saturated heterocycles. The molecule has 2 aliphatic rings. The number of benzene rings is 1. The van der Waals surface area contributed by atoms with E-state index in [4.69, 9.17) is 10.5 Å². The van der Waals surface area contributed by atoms with Crippen molar-refractivity contribution in [2.24, 2.45) is 5.73 Å². The number of halogens is 3. The quantitative estimate of drug-likeness (QED) is 0.923. The summed E-state index contributed by atoms with van der Waals surface area (Å²) < 4.78 is 31.9. The Hall–Kier alpha value is -1.40. The van der Waals surface area contributed by atoms with Gasteiger partial charge < -0.3 is 15.4 Å². The van der Waals surface area contributed by atoms with E-state index in [9.17, 15) is 13.6 Å². The smallest absolute Gasteiger partial charge is 0.242 e.